The number of rotatable bonds is 6. The second-order valence-electron chi connectivity index (χ2n) is 5.23. The number of H-pyrrole nitrogens is 1. The number of aliphatic carboxylic acids is 1. The third-order valence-electron chi connectivity index (χ3n) is 3.48. The molecular weight excluding hydrogens is 282 g/mol. The molecule has 0 aliphatic heterocycles. The number of aromatic nitrogens is 2. The monoisotopic (exact) mass is 301 g/mol. The number of carboxylic acid groups (broad SMARTS) is 1. The number of hydrogen-bond acceptors (Lipinski definition) is 3. The molecule has 0 aliphatic carbocycles. The molecule has 116 valence electrons. The van der Waals surface area contributed by atoms with Crippen molar-refractivity contribution < 1.29 is 14.7 Å². The van der Waals surface area contributed by atoms with Gasteiger partial charge in [0.25, 0.3) is 0 Å². The van der Waals surface area contributed by atoms with Gasteiger partial charge in [-0.2, -0.15) is 5.10 Å². The molecule has 22 heavy (non-hydrogen) atoms. The van der Waals surface area contributed by atoms with E-state index < -0.39 is 5.97 Å². The molecule has 1 aromatic heterocycles. The maximum atomic E-state index is 12.0. The third-order valence-corrected chi connectivity index (χ3v) is 3.48. The fourth-order valence-electron chi connectivity index (χ4n) is 2.28. The maximum Gasteiger partial charge on any atom is 0.307 e. The number of benzene rings is 1. The number of anilines is 1. The molecule has 0 spiro atoms. The molecule has 1 aromatic carbocycles. The topological polar surface area (TPSA) is 95.1 Å². The lowest BCUT2D eigenvalue weighted by molar-refractivity contribution is -0.136. The van der Waals surface area contributed by atoms with Gasteiger partial charge in [-0.3, -0.25) is 14.7 Å². The van der Waals surface area contributed by atoms with Crippen molar-refractivity contribution in [1.82, 2.24) is 10.2 Å². The largest absolute Gasteiger partial charge is 0.481 e. The number of hydrogen-bond donors (Lipinski definition) is 3. The van der Waals surface area contributed by atoms with Crippen molar-refractivity contribution in [3.63, 3.8) is 0 Å². The lowest BCUT2D eigenvalue weighted by Crippen LogP contribution is -2.12. The van der Waals surface area contributed by atoms with Gasteiger partial charge in [0, 0.05) is 17.8 Å². The molecule has 3 N–H and O–H groups in total. The fourth-order valence-corrected chi connectivity index (χ4v) is 2.28. The molecule has 0 bridgehead atoms. The van der Waals surface area contributed by atoms with Crippen LogP contribution in [0.25, 0.3) is 0 Å². The smallest absolute Gasteiger partial charge is 0.307 e. The lowest BCUT2D eigenvalue weighted by atomic mass is 10.1. The molecule has 0 saturated heterocycles. The summed E-state index contributed by atoms with van der Waals surface area (Å²) in [6.45, 7) is 3.85. The van der Waals surface area contributed by atoms with E-state index in [1.54, 1.807) is 24.3 Å². The number of nitrogens with one attached hydrogen (secondary N) is 2. The summed E-state index contributed by atoms with van der Waals surface area (Å²) in [6.07, 6.45) is 0.989. The van der Waals surface area contributed by atoms with E-state index in [0.717, 1.165) is 17.0 Å². The highest BCUT2D eigenvalue weighted by atomic mass is 16.4. The Morgan fingerprint density at radius 2 is 1.91 bits per heavy atom. The summed E-state index contributed by atoms with van der Waals surface area (Å²) < 4.78 is 0. The minimum Gasteiger partial charge on any atom is -0.481 e. The van der Waals surface area contributed by atoms with E-state index in [1.807, 2.05) is 13.8 Å². The molecule has 0 aliphatic rings. The highest BCUT2D eigenvalue weighted by molar-refractivity contribution is 5.90. The normalized spacial score (nSPS) is 10.5. The maximum absolute atomic E-state index is 12.0. The van der Waals surface area contributed by atoms with E-state index in [1.165, 1.54) is 0 Å². The van der Waals surface area contributed by atoms with Gasteiger partial charge in [0.15, 0.2) is 0 Å². The first-order valence-electron chi connectivity index (χ1n) is 7.06. The molecular formula is C16H19N3O3. The van der Waals surface area contributed by atoms with Crippen LogP contribution in [0.3, 0.4) is 0 Å². The summed E-state index contributed by atoms with van der Waals surface area (Å²) in [5.41, 5.74) is 4.36. The van der Waals surface area contributed by atoms with Crippen molar-refractivity contribution in [2.24, 2.45) is 0 Å². The van der Waals surface area contributed by atoms with Gasteiger partial charge in [0.2, 0.25) is 5.91 Å². The highest BCUT2D eigenvalue weighted by Crippen LogP contribution is 2.14. The van der Waals surface area contributed by atoms with Crippen molar-refractivity contribution in [3.8, 4) is 0 Å². The average molecular weight is 301 g/mol. The molecule has 6 heteroatoms. The van der Waals surface area contributed by atoms with Crippen LogP contribution in [0.1, 0.15) is 28.9 Å². The van der Waals surface area contributed by atoms with Crippen molar-refractivity contribution in [3.05, 3.63) is 46.8 Å². The lowest BCUT2D eigenvalue weighted by Gasteiger charge is -2.06. The van der Waals surface area contributed by atoms with Crippen LogP contribution >= 0.6 is 0 Å². The van der Waals surface area contributed by atoms with E-state index in [0.29, 0.717) is 24.1 Å². The summed E-state index contributed by atoms with van der Waals surface area (Å²) in [4.78, 5) is 22.6. The molecule has 0 fully saturated rings. The van der Waals surface area contributed by atoms with Gasteiger partial charge in [-0.15, -0.1) is 0 Å². The van der Waals surface area contributed by atoms with E-state index in [-0.39, 0.29) is 12.3 Å². The van der Waals surface area contributed by atoms with Crippen molar-refractivity contribution in [2.75, 3.05) is 5.32 Å². The third kappa shape index (κ3) is 4.18. The first-order valence-corrected chi connectivity index (χ1v) is 7.06. The molecule has 6 nitrogen and oxygen atoms in total. The Hall–Kier alpha value is -2.63. The van der Waals surface area contributed by atoms with Crippen LogP contribution in [0.2, 0.25) is 0 Å². The van der Waals surface area contributed by atoms with Gasteiger partial charge in [0.05, 0.1) is 12.1 Å². The van der Waals surface area contributed by atoms with E-state index >= 15 is 0 Å². The Morgan fingerprint density at radius 1 is 1.23 bits per heavy atom. The highest BCUT2D eigenvalue weighted by Gasteiger charge is 2.09. The molecule has 2 aromatic rings. The molecule has 1 amide bonds. The zero-order valence-electron chi connectivity index (χ0n) is 12.6. The summed E-state index contributed by atoms with van der Waals surface area (Å²) >= 11 is 0. The molecule has 2 rings (SSSR count). The van der Waals surface area contributed by atoms with Crippen LogP contribution in [0.4, 0.5) is 5.69 Å². The van der Waals surface area contributed by atoms with E-state index in [4.69, 9.17) is 5.11 Å². The number of nitrogens with zero attached hydrogens (tertiary/aromatic N) is 1. The van der Waals surface area contributed by atoms with Gasteiger partial charge < -0.3 is 10.4 Å². The zero-order valence-corrected chi connectivity index (χ0v) is 12.6. The minimum absolute atomic E-state index is 0.0206. The average Bonchev–Trinajstić information content (AvgIpc) is 2.77. The predicted octanol–water partition coefficient (Wildman–Crippen LogP) is 2.22. The number of aromatic amines is 1. The number of carboxylic acids is 1. The summed E-state index contributed by atoms with van der Waals surface area (Å²) in [5, 5.41) is 18.5. The SMILES string of the molecule is Cc1n[nH]c(C)c1CCC(=O)Nc1ccc(CC(=O)O)cc1. The Morgan fingerprint density at radius 3 is 2.45 bits per heavy atom. The second kappa shape index (κ2) is 6.89. The van der Waals surface area contributed by atoms with Gasteiger partial charge in [-0.25, -0.2) is 0 Å². The second-order valence-corrected chi connectivity index (χ2v) is 5.23. The van der Waals surface area contributed by atoms with Gasteiger partial charge in [-0.05, 0) is 43.5 Å². The number of carbonyl (C=O) groups excluding carboxylic acids is 1. The van der Waals surface area contributed by atoms with Crippen LogP contribution in [0.5, 0.6) is 0 Å². The molecule has 0 unspecified atom stereocenters. The number of carbonyl (C=O) groups is 2. The molecule has 0 saturated carbocycles. The van der Waals surface area contributed by atoms with Crippen LogP contribution in [-0.4, -0.2) is 27.2 Å². The summed E-state index contributed by atoms with van der Waals surface area (Å²) in [6, 6.07) is 6.83. The van der Waals surface area contributed by atoms with E-state index in [2.05, 4.69) is 15.5 Å². The minimum atomic E-state index is -0.873. The van der Waals surface area contributed by atoms with Crippen molar-refractivity contribution in [1.29, 1.82) is 0 Å². The quantitative estimate of drug-likeness (QED) is 0.762. The first-order chi connectivity index (χ1) is 10.5. The molecule has 1 heterocycles. The summed E-state index contributed by atoms with van der Waals surface area (Å²) in [7, 11) is 0. The van der Waals surface area contributed by atoms with Crippen molar-refractivity contribution in [2.45, 2.75) is 33.1 Å². The first kappa shape index (κ1) is 15.8. The van der Waals surface area contributed by atoms with Gasteiger partial charge in [-0.1, -0.05) is 12.1 Å². The van der Waals surface area contributed by atoms with E-state index in [9.17, 15) is 9.59 Å². The van der Waals surface area contributed by atoms with Crippen LogP contribution < -0.4 is 5.32 Å². The predicted molar refractivity (Wildman–Crippen MR) is 82.8 cm³/mol. The number of aryl methyl sites for hydroxylation is 2. The van der Waals surface area contributed by atoms with Gasteiger partial charge >= 0.3 is 5.97 Å². The number of amides is 1. The summed E-state index contributed by atoms with van der Waals surface area (Å²) in [5.74, 6) is -0.950. The van der Waals surface area contributed by atoms with Crippen LogP contribution in [-0.2, 0) is 22.4 Å². The Labute approximate surface area is 128 Å². The van der Waals surface area contributed by atoms with Crippen molar-refractivity contribution >= 4 is 17.6 Å². The Balaban J connectivity index is 1.88. The van der Waals surface area contributed by atoms with Gasteiger partial charge in [0.1, 0.15) is 0 Å². The molecule has 0 atom stereocenters. The zero-order chi connectivity index (χ0) is 16.1. The van der Waals surface area contributed by atoms with Crippen LogP contribution in [0, 0.1) is 13.8 Å². The standard InChI is InChI=1S/C16H19N3O3/c1-10-14(11(2)19-18-10)7-8-15(20)17-13-5-3-12(4-6-13)9-16(21)22/h3-6H,7-9H2,1-2H3,(H,17,20)(H,18,19)(H,21,22). The molecule has 0 radical (unpaired) electrons. The fraction of sp³-hybridized carbons (Fsp3) is 0.312. The Bertz CT molecular complexity index is 655. The Kier molecular flexibility index (Phi) is 4.93. The van der Waals surface area contributed by atoms with Crippen LogP contribution in [0.15, 0.2) is 24.3 Å².